The highest BCUT2D eigenvalue weighted by Gasteiger charge is 2.36. The summed E-state index contributed by atoms with van der Waals surface area (Å²) in [5.74, 6) is -0.278. The van der Waals surface area contributed by atoms with Crippen molar-refractivity contribution in [1.82, 2.24) is 10.2 Å². The molecule has 1 unspecified atom stereocenters. The van der Waals surface area contributed by atoms with Gasteiger partial charge < -0.3 is 15.0 Å². The summed E-state index contributed by atoms with van der Waals surface area (Å²) in [6.45, 7) is 0.549. The normalized spacial score (nSPS) is 33.6. The fourth-order valence-electron chi connectivity index (χ4n) is 2.37. The maximum atomic E-state index is 13.6. The molecule has 0 spiro atoms. The van der Waals surface area contributed by atoms with Gasteiger partial charge in [-0.25, -0.2) is 4.39 Å². The summed E-state index contributed by atoms with van der Waals surface area (Å²) in [5.41, 5.74) is 0. The first-order valence-corrected chi connectivity index (χ1v) is 5.87. The van der Waals surface area contributed by atoms with E-state index in [1.807, 2.05) is 0 Å². The highest BCUT2D eigenvalue weighted by molar-refractivity contribution is 5.90. The zero-order valence-corrected chi connectivity index (χ0v) is 9.82. The van der Waals surface area contributed by atoms with Crippen LogP contribution in [0.4, 0.5) is 4.39 Å². The molecule has 2 aliphatic rings. The number of nitrogens with zero attached hydrogens (tertiary/aromatic N) is 1. The predicted octanol–water partition coefficient (Wildman–Crippen LogP) is -0.150. The fourth-order valence-corrected chi connectivity index (χ4v) is 2.37. The Bertz CT molecular complexity index is 324. The quantitative estimate of drug-likeness (QED) is 0.735. The maximum Gasteiger partial charge on any atom is 0.245 e. The molecule has 0 aliphatic carbocycles. The van der Waals surface area contributed by atoms with E-state index in [2.05, 4.69) is 5.32 Å². The lowest BCUT2D eigenvalue weighted by molar-refractivity contribution is -0.139. The second kappa shape index (κ2) is 5.00. The van der Waals surface area contributed by atoms with Gasteiger partial charge in [0.2, 0.25) is 11.8 Å². The SMILES string of the molecule is COC1CCN(C(=O)[C@@H]2CCC(=O)N2)C[C@H]1F. The number of amides is 2. The minimum atomic E-state index is -1.14. The van der Waals surface area contributed by atoms with E-state index in [1.165, 1.54) is 12.0 Å². The molecule has 2 saturated heterocycles. The van der Waals surface area contributed by atoms with E-state index in [9.17, 15) is 14.0 Å². The molecule has 2 amide bonds. The number of carbonyl (C=O) groups is 2. The Hall–Kier alpha value is -1.17. The van der Waals surface area contributed by atoms with Crippen LogP contribution >= 0.6 is 0 Å². The van der Waals surface area contributed by atoms with E-state index in [0.717, 1.165) is 0 Å². The first kappa shape index (κ1) is 12.3. The van der Waals surface area contributed by atoms with Gasteiger partial charge in [-0.1, -0.05) is 0 Å². The summed E-state index contributed by atoms with van der Waals surface area (Å²) in [7, 11) is 1.48. The van der Waals surface area contributed by atoms with Crippen LogP contribution in [0.2, 0.25) is 0 Å². The van der Waals surface area contributed by atoms with Crippen LogP contribution < -0.4 is 5.32 Å². The second-order valence-corrected chi connectivity index (χ2v) is 4.52. The molecule has 6 heteroatoms. The molecule has 2 heterocycles. The molecule has 17 heavy (non-hydrogen) atoms. The molecule has 2 aliphatic heterocycles. The van der Waals surface area contributed by atoms with Crippen molar-refractivity contribution in [3.8, 4) is 0 Å². The Balaban J connectivity index is 1.91. The number of nitrogens with one attached hydrogen (secondary N) is 1. The van der Waals surface area contributed by atoms with Crippen LogP contribution in [-0.2, 0) is 14.3 Å². The number of methoxy groups -OCH3 is 1. The molecule has 0 saturated carbocycles. The van der Waals surface area contributed by atoms with E-state index in [4.69, 9.17) is 4.74 Å². The van der Waals surface area contributed by atoms with Gasteiger partial charge in [0.05, 0.1) is 12.6 Å². The minimum absolute atomic E-state index is 0.0592. The topological polar surface area (TPSA) is 58.6 Å². The van der Waals surface area contributed by atoms with Crippen LogP contribution in [0, 0.1) is 0 Å². The van der Waals surface area contributed by atoms with Crippen LogP contribution in [0.3, 0.4) is 0 Å². The van der Waals surface area contributed by atoms with Crippen LogP contribution in [0.15, 0.2) is 0 Å². The van der Waals surface area contributed by atoms with Gasteiger partial charge in [-0.3, -0.25) is 9.59 Å². The molecular weight excluding hydrogens is 227 g/mol. The Labute approximate surface area is 99.3 Å². The monoisotopic (exact) mass is 244 g/mol. The molecule has 3 atom stereocenters. The average Bonchev–Trinajstić information content (AvgIpc) is 2.75. The van der Waals surface area contributed by atoms with Gasteiger partial charge in [0.1, 0.15) is 12.2 Å². The van der Waals surface area contributed by atoms with Crippen LogP contribution in [0.1, 0.15) is 19.3 Å². The highest BCUT2D eigenvalue weighted by atomic mass is 19.1. The van der Waals surface area contributed by atoms with Crippen molar-refractivity contribution < 1.29 is 18.7 Å². The number of carbonyl (C=O) groups excluding carboxylic acids is 2. The molecular formula is C11H17FN2O3. The summed E-state index contributed by atoms with van der Waals surface area (Å²) in [4.78, 5) is 24.5. The van der Waals surface area contributed by atoms with Gasteiger partial charge in [-0.05, 0) is 12.8 Å². The average molecular weight is 244 g/mol. The zero-order chi connectivity index (χ0) is 12.4. The summed E-state index contributed by atoms with van der Waals surface area (Å²) in [5, 5.41) is 2.61. The Morgan fingerprint density at radius 2 is 2.29 bits per heavy atom. The van der Waals surface area contributed by atoms with Crippen molar-refractivity contribution in [3.05, 3.63) is 0 Å². The third-order valence-electron chi connectivity index (χ3n) is 3.39. The van der Waals surface area contributed by atoms with Gasteiger partial charge >= 0.3 is 0 Å². The third kappa shape index (κ3) is 2.57. The lowest BCUT2D eigenvalue weighted by Crippen LogP contribution is -2.52. The Morgan fingerprint density at radius 1 is 1.53 bits per heavy atom. The van der Waals surface area contributed by atoms with Crippen LogP contribution in [0.5, 0.6) is 0 Å². The summed E-state index contributed by atoms with van der Waals surface area (Å²) in [6.07, 6.45) is -0.167. The standard InChI is InChI=1S/C11H17FN2O3/c1-17-9-4-5-14(6-7(9)12)11(16)8-2-3-10(15)13-8/h7-9H,2-6H2,1H3,(H,13,15)/t7-,8+,9?/m1/s1. The number of likely N-dealkylation sites (tertiary alicyclic amines) is 1. The van der Waals surface area contributed by atoms with Crippen molar-refractivity contribution >= 4 is 11.8 Å². The summed E-state index contributed by atoms with van der Waals surface area (Å²) in [6, 6.07) is -0.464. The predicted molar refractivity (Wildman–Crippen MR) is 58.1 cm³/mol. The van der Waals surface area contributed by atoms with Crippen LogP contribution in [0.25, 0.3) is 0 Å². The van der Waals surface area contributed by atoms with Crippen LogP contribution in [-0.4, -0.2) is 55.2 Å². The number of ether oxygens (including phenoxy) is 1. The Morgan fingerprint density at radius 3 is 2.82 bits per heavy atom. The molecule has 0 aromatic heterocycles. The van der Waals surface area contributed by atoms with Gasteiger partial charge in [-0.2, -0.15) is 0 Å². The highest BCUT2D eigenvalue weighted by Crippen LogP contribution is 2.19. The van der Waals surface area contributed by atoms with E-state index in [-0.39, 0.29) is 18.4 Å². The molecule has 0 aromatic rings. The van der Waals surface area contributed by atoms with Gasteiger partial charge in [-0.15, -0.1) is 0 Å². The number of piperidine rings is 1. The number of hydrogen-bond donors (Lipinski definition) is 1. The third-order valence-corrected chi connectivity index (χ3v) is 3.39. The molecule has 5 nitrogen and oxygen atoms in total. The lowest BCUT2D eigenvalue weighted by atomic mass is 10.0. The summed E-state index contributed by atoms with van der Waals surface area (Å²) < 4.78 is 18.6. The summed E-state index contributed by atoms with van der Waals surface area (Å²) >= 11 is 0. The molecule has 2 rings (SSSR count). The smallest absolute Gasteiger partial charge is 0.245 e. The first-order valence-electron chi connectivity index (χ1n) is 5.87. The molecule has 0 radical (unpaired) electrons. The van der Waals surface area contributed by atoms with Gasteiger partial charge in [0.15, 0.2) is 0 Å². The zero-order valence-electron chi connectivity index (χ0n) is 9.82. The van der Waals surface area contributed by atoms with Gasteiger partial charge in [0, 0.05) is 20.1 Å². The Kier molecular flexibility index (Phi) is 3.61. The van der Waals surface area contributed by atoms with E-state index in [1.54, 1.807) is 0 Å². The second-order valence-electron chi connectivity index (χ2n) is 4.52. The number of rotatable bonds is 2. The maximum absolute atomic E-state index is 13.6. The van der Waals surface area contributed by atoms with E-state index in [0.29, 0.717) is 25.8 Å². The van der Waals surface area contributed by atoms with Gasteiger partial charge in [0.25, 0.3) is 0 Å². The molecule has 1 N–H and O–H groups in total. The lowest BCUT2D eigenvalue weighted by Gasteiger charge is -2.35. The molecule has 2 fully saturated rings. The van der Waals surface area contributed by atoms with Crippen molar-refractivity contribution in [2.75, 3.05) is 20.2 Å². The fraction of sp³-hybridized carbons (Fsp3) is 0.818. The molecule has 96 valence electrons. The molecule has 0 aromatic carbocycles. The van der Waals surface area contributed by atoms with Crippen molar-refractivity contribution in [2.45, 2.75) is 37.6 Å². The minimum Gasteiger partial charge on any atom is -0.378 e. The van der Waals surface area contributed by atoms with Crippen molar-refractivity contribution in [3.63, 3.8) is 0 Å². The van der Waals surface area contributed by atoms with Crippen molar-refractivity contribution in [1.29, 1.82) is 0 Å². The van der Waals surface area contributed by atoms with E-state index < -0.39 is 18.3 Å². The van der Waals surface area contributed by atoms with E-state index >= 15 is 0 Å². The number of alkyl halides is 1. The van der Waals surface area contributed by atoms with Crippen molar-refractivity contribution in [2.24, 2.45) is 0 Å². The number of halogens is 1. The molecule has 0 bridgehead atoms. The number of hydrogen-bond acceptors (Lipinski definition) is 3. The largest absolute Gasteiger partial charge is 0.378 e. The first-order chi connectivity index (χ1) is 8.11.